The Kier molecular flexibility index (Phi) is 1.73. The second kappa shape index (κ2) is 2.67. The summed E-state index contributed by atoms with van der Waals surface area (Å²) in [6.45, 7) is 0. The van der Waals surface area contributed by atoms with Crippen molar-refractivity contribution < 1.29 is 9.90 Å². The molecule has 1 saturated carbocycles. The number of nitrogens with zero attached hydrogens (tertiary/aromatic N) is 2. The van der Waals surface area contributed by atoms with Gasteiger partial charge in [-0.2, -0.15) is 0 Å². The number of carboxylic acid groups (broad SMARTS) is 1. The number of halogens is 1. The molecule has 1 heterocycles. The molecule has 1 aromatic heterocycles. The lowest BCUT2D eigenvalue weighted by Crippen LogP contribution is -2.22. The van der Waals surface area contributed by atoms with Gasteiger partial charge in [0.2, 0.25) is 0 Å². The standard InChI is InChI=1S/C8H7ClN2O2/c9-5-3-10-6(11-4-5)8(1-2-8)7(12)13/h3-4H,1-2H2,(H,12,13). The minimum atomic E-state index is -0.852. The molecule has 1 N–H and O–H groups in total. The first-order valence-corrected chi connectivity index (χ1v) is 4.24. The molecule has 0 bridgehead atoms. The van der Waals surface area contributed by atoms with Crippen LogP contribution in [0.1, 0.15) is 18.7 Å². The van der Waals surface area contributed by atoms with Crippen molar-refractivity contribution >= 4 is 17.6 Å². The fourth-order valence-electron chi connectivity index (χ4n) is 1.22. The first-order chi connectivity index (χ1) is 6.15. The third-order valence-corrected chi connectivity index (χ3v) is 2.40. The van der Waals surface area contributed by atoms with E-state index in [-0.39, 0.29) is 0 Å². The normalized spacial score (nSPS) is 18.2. The number of hydrogen-bond acceptors (Lipinski definition) is 3. The van der Waals surface area contributed by atoms with Crippen LogP contribution < -0.4 is 0 Å². The highest BCUT2D eigenvalue weighted by molar-refractivity contribution is 6.30. The van der Waals surface area contributed by atoms with Crippen LogP contribution in [0.4, 0.5) is 0 Å². The van der Waals surface area contributed by atoms with Gasteiger partial charge in [0.25, 0.3) is 0 Å². The molecular weight excluding hydrogens is 192 g/mol. The fourth-order valence-corrected chi connectivity index (χ4v) is 1.32. The van der Waals surface area contributed by atoms with Gasteiger partial charge < -0.3 is 5.11 Å². The van der Waals surface area contributed by atoms with Crippen molar-refractivity contribution in [3.63, 3.8) is 0 Å². The van der Waals surface area contributed by atoms with Gasteiger partial charge in [-0.3, -0.25) is 4.79 Å². The molecular formula is C8H7ClN2O2. The number of hydrogen-bond donors (Lipinski definition) is 1. The highest BCUT2D eigenvalue weighted by Crippen LogP contribution is 2.46. The molecule has 0 saturated heterocycles. The summed E-state index contributed by atoms with van der Waals surface area (Å²) in [5, 5.41) is 9.33. The Labute approximate surface area is 79.6 Å². The van der Waals surface area contributed by atoms with Crippen molar-refractivity contribution in [1.82, 2.24) is 9.97 Å². The van der Waals surface area contributed by atoms with Crippen LogP contribution in [0, 0.1) is 0 Å². The van der Waals surface area contributed by atoms with Crippen LogP contribution in [0.3, 0.4) is 0 Å². The summed E-state index contributed by atoms with van der Waals surface area (Å²) in [7, 11) is 0. The quantitative estimate of drug-likeness (QED) is 0.777. The van der Waals surface area contributed by atoms with Gasteiger partial charge in [-0.1, -0.05) is 11.6 Å². The largest absolute Gasteiger partial charge is 0.480 e. The topological polar surface area (TPSA) is 63.1 Å². The second-order valence-electron chi connectivity index (χ2n) is 3.11. The van der Waals surface area contributed by atoms with Crippen molar-refractivity contribution in [2.24, 2.45) is 0 Å². The lowest BCUT2D eigenvalue weighted by atomic mass is 10.1. The molecule has 1 aromatic rings. The van der Waals surface area contributed by atoms with Crippen molar-refractivity contribution in [2.45, 2.75) is 18.3 Å². The summed E-state index contributed by atoms with van der Waals surface area (Å²) in [5.41, 5.74) is -0.829. The van der Waals surface area contributed by atoms with Gasteiger partial charge in [-0.15, -0.1) is 0 Å². The van der Waals surface area contributed by atoms with E-state index in [0.29, 0.717) is 23.7 Å². The highest BCUT2D eigenvalue weighted by atomic mass is 35.5. The average molecular weight is 199 g/mol. The van der Waals surface area contributed by atoms with Crippen LogP contribution in [-0.2, 0) is 10.2 Å². The SMILES string of the molecule is O=C(O)C1(c2ncc(Cl)cn2)CC1. The zero-order valence-corrected chi connectivity index (χ0v) is 7.45. The Morgan fingerprint density at radius 1 is 1.46 bits per heavy atom. The highest BCUT2D eigenvalue weighted by Gasteiger charge is 2.54. The van der Waals surface area contributed by atoms with Gasteiger partial charge in [0.05, 0.1) is 5.02 Å². The maximum absolute atomic E-state index is 10.9. The van der Waals surface area contributed by atoms with E-state index in [1.165, 1.54) is 12.4 Å². The third kappa shape index (κ3) is 1.27. The van der Waals surface area contributed by atoms with Gasteiger partial charge in [-0.25, -0.2) is 9.97 Å². The smallest absolute Gasteiger partial charge is 0.317 e. The molecule has 0 aromatic carbocycles. The van der Waals surface area contributed by atoms with Gasteiger partial charge in [0, 0.05) is 12.4 Å². The van der Waals surface area contributed by atoms with Crippen molar-refractivity contribution in [1.29, 1.82) is 0 Å². The lowest BCUT2D eigenvalue weighted by Gasteiger charge is -2.06. The van der Waals surface area contributed by atoms with Crippen molar-refractivity contribution in [3.8, 4) is 0 Å². The molecule has 0 atom stereocenters. The predicted octanol–water partition coefficient (Wildman–Crippen LogP) is 1.25. The van der Waals surface area contributed by atoms with E-state index in [0.717, 1.165) is 0 Å². The van der Waals surface area contributed by atoms with Gasteiger partial charge in [0.1, 0.15) is 11.2 Å². The number of aliphatic carboxylic acids is 1. The van der Waals surface area contributed by atoms with Crippen LogP contribution in [-0.4, -0.2) is 21.0 Å². The molecule has 0 spiro atoms. The van der Waals surface area contributed by atoms with E-state index in [2.05, 4.69) is 9.97 Å². The van der Waals surface area contributed by atoms with Crippen LogP contribution >= 0.6 is 11.6 Å². The van der Waals surface area contributed by atoms with E-state index in [1.54, 1.807) is 0 Å². The Morgan fingerprint density at radius 3 is 2.38 bits per heavy atom. The minimum Gasteiger partial charge on any atom is -0.480 e. The molecule has 1 aliphatic carbocycles. The van der Waals surface area contributed by atoms with Gasteiger partial charge in [-0.05, 0) is 12.8 Å². The average Bonchev–Trinajstić information content (AvgIpc) is 2.86. The Morgan fingerprint density at radius 2 is 2.00 bits per heavy atom. The summed E-state index contributed by atoms with van der Waals surface area (Å²) >= 11 is 5.59. The molecule has 5 heteroatoms. The van der Waals surface area contributed by atoms with E-state index >= 15 is 0 Å². The van der Waals surface area contributed by atoms with Crippen LogP contribution in [0.25, 0.3) is 0 Å². The Hall–Kier alpha value is -1.16. The number of rotatable bonds is 2. The van der Waals surface area contributed by atoms with E-state index in [4.69, 9.17) is 16.7 Å². The van der Waals surface area contributed by atoms with E-state index < -0.39 is 11.4 Å². The van der Waals surface area contributed by atoms with E-state index in [9.17, 15) is 4.79 Å². The second-order valence-corrected chi connectivity index (χ2v) is 3.55. The van der Waals surface area contributed by atoms with Crippen molar-refractivity contribution in [3.05, 3.63) is 23.2 Å². The van der Waals surface area contributed by atoms with E-state index in [1.807, 2.05) is 0 Å². The fraction of sp³-hybridized carbons (Fsp3) is 0.375. The molecule has 0 radical (unpaired) electrons. The monoisotopic (exact) mass is 198 g/mol. The first-order valence-electron chi connectivity index (χ1n) is 3.86. The maximum Gasteiger partial charge on any atom is 0.317 e. The van der Waals surface area contributed by atoms with Gasteiger partial charge in [0.15, 0.2) is 0 Å². The number of carbonyl (C=O) groups is 1. The molecule has 4 nitrogen and oxygen atoms in total. The predicted molar refractivity (Wildman–Crippen MR) is 45.6 cm³/mol. The maximum atomic E-state index is 10.9. The Balaban J connectivity index is 2.36. The summed E-state index contributed by atoms with van der Waals surface area (Å²) < 4.78 is 0. The summed E-state index contributed by atoms with van der Waals surface area (Å²) in [6.07, 6.45) is 4.08. The lowest BCUT2D eigenvalue weighted by molar-refractivity contribution is -0.140. The summed E-state index contributed by atoms with van der Waals surface area (Å²) in [6, 6.07) is 0. The third-order valence-electron chi connectivity index (χ3n) is 2.21. The molecule has 13 heavy (non-hydrogen) atoms. The molecule has 0 amide bonds. The molecule has 0 unspecified atom stereocenters. The molecule has 2 rings (SSSR count). The van der Waals surface area contributed by atoms with Crippen LogP contribution in [0.5, 0.6) is 0 Å². The zero-order chi connectivity index (χ0) is 9.47. The molecule has 1 fully saturated rings. The molecule has 1 aliphatic rings. The van der Waals surface area contributed by atoms with Crippen LogP contribution in [0.2, 0.25) is 5.02 Å². The first kappa shape index (κ1) is 8.44. The summed E-state index contributed by atoms with van der Waals surface area (Å²) in [4.78, 5) is 18.7. The summed E-state index contributed by atoms with van der Waals surface area (Å²) in [5.74, 6) is -0.487. The zero-order valence-electron chi connectivity index (χ0n) is 6.70. The molecule has 0 aliphatic heterocycles. The number of carboxylic acids is 1. The Bertz CT molecular complexity index is 346. The molecule has 68 valence electrons. The van der Waals surface area contributed by atoms with Gasteiger partial charge >= 0.3 is 5.97 Å². The minimum absolute atomic E-state index is 0.365. The number of aromatic nitrogens is 2. The van der Waals surface area contributed by atoms with Crippen molar-refractivity contribution in [2.75, 3.05) is 0 Å². The van der Waals surface area contributed by atoms with Crippen LogP contribution in [0.15, 0.2) is 12.4 Å².